The first kappa shape index (κ1) is 7.86. The Morgan fingerprint density at radius 1 is 1.55 bits per heavy atom. The molecule has 0 saturated heterocycles. The van der Waals surface area contributed by atoms with Crippen molar-refractivity contribution in [2.45, 2.75) is 6.92 Å². The van der Waals surface area contributed by atoms with E-state index in [-0.39, 0.29) is 5.75 Å². The first-order valence-electron chi connectivity index (χ1n) is 3.40. The lowest BCUT2D eigenvalue weighted by Crippen LogP contribution is -2.04. The molecular weight excluding hydrogens is 139 g/mol. The van der Waals surface area contributed by atoms with E-state index in [2.05, 4.69) is 0 Å². The summed E-state index contributed by atoms with van der Waals surface area (Å²) in [6.07, 6.45) is 0.662. The number of aromatic hydroxyl groups is 1. The standard InChI is InChI=1S/C8H9BO2/c1-5-2-7(9)3-6(4-10)8(5)11/h2-4,11H,9H2,1H3. The minimum atomic E-state index is 0.0885. The van der Waals surface area contributed by atoms with Crippen LogP contribution in [0.2, 0.25) is 0 Å². The third-order valence-corrected chi connectivity index (χ3v) is 1.60. The van der Waals surface area contributed by atoms with Crippen molar-refractivity contribution in [1.29, 1.82) is 0 Å². The van der Waals surface area contributed by atoms with Crippen molar-refractivity contribution in [3.8, 4) is 5.75 Å². The van der Waals surface area contributed by atoms with Crippen molar-refractivity contribution < 1.29 is 9.90 Å². The lowest BCUT2D eigenvalue weighted by Gasteiger charge is -2.02. The normalized spacial score (nSPS) is 9.55. The first-order chi connectivity index (χ1) is 5.15. The number of benzene rings is 1. The van der Waals surface area contributed by atoms with Gasteiger partial charge in [0, 0.05) is 0 Å². The number of hydrogen-bond acceptors (Lipinski definition) is 2. The van der Waals surface area contributed by atoms with E-state index in [4.69, 9.17) is 0 Å². The molecule has 1 aromatic carbocycles. The zero-order valence-corrected chi connectivity index (χ0v) is 6.59. The minimum Gasteiger partial charge on any atom is -0.507 e. The van der Waals surface area contributed by atoms with Crippen molar-refractivity contribution in [2.75, 3.05) is 0 Å². The molecule has 0 fully saturated rings. The quantitative estimate of drug-likeness (QED) is 0.441. The van der Waals surface area contributed by atoms with Crippen LogP contribution in [0.25, 0.3) is 0 Å². The molecule has 0 aliphatic heterocycles. The van der Waals surface area contributed by atoms with Gasteiger partial charge in [0.25, 0.3) is 0 Å². The molecule has 0 saturated carbocycles. The van der Waals surface area contributed by atoms with E-state index in [1.54, 1.807) is 13.0 Å². The highest BCUT2D eigenvalue weighted by Gasteiger charge is 2.02. The van der Waals surface area contributed by atoms with Crippen LogP contribution in [0.3, 0.4) is 0 Å². The fourth-order valence-corrected chi connectivity index (χ4v) is 1.08. The molecule has 0 radical (unpaired) electrons. The highest BCUT2D eigenvalue weighted by Crippen LogP contribution is 2.17. The molecule has 0 unspecified atom stereocenters. The molecule has 0 bridgehead atoms. The Balaban J connectivity index is 3.35. The summed E-state index contributed by atoms with van der Waals surface area (Å²) in [5.41, 5.74) is 2.09. The van der Waals surface area contributed by atoms with Crippen LogP contribution in [0, 0.1) is 6.92 Å². The highest BCUT2D eigenvalue weighted by atomic mass is 16.3. The summed E-state index contributed by atoms with van der Waals surface area (Å²) in [4.78, 5) is 10.4. The van der Waals surface area contributed by atoms with Crippen molar-refractivity contribution in [3.63, 3.8) is 0 Å². The predicted octanol–water partition coefficient (Wildman–Crippen LogP) is -0.228. The zero-order valence-electron chi connectivity index (χ0n) is 6.59. The van der Waals surface area contributed by atoms with E-state index in [9.17, 15) is 9.90 Å². The Hall–Kier alpha value is -1.25. The molecule has 11 heavy (non-hydrogen) atoms. The van der Waals surface area contributed by atoms with Gasteiger partial charge >= 0.3 is 0 Å². The highest BCUT2D eigenvalue weighted by molar-refractivity contribution is 6.32. The Morgan fingerprint density at radius 2 is 2.18 bits per heavy atom. The van der Waals surface area contributed by atoms with Gasteiger partial charge in [-0.2, -0.15) is 0 Å². The Bertz CT molecular complexity index is 294. The first-order valence-corrected chi connectivity index (χ1v) is 3.40. The molecule has 1 N–H and O–H groups in total. The fraction of sp³-hybridized carbons (Fsp3) is 0.125. The summed E-state index contributed by atoms with van der Waals surface area (Å²) in [5.74, 6) is 0.0885. The molecule has 0 amide bonds. The Labute approximate surface area is 66.3 Å². The minimum absolute atomic E-state index is 0.0885. The molecule has 3 heteroatoms. The molecule has 0 aliphatic rings. The van der Waals surface area contributed by atoms with Crippen molar-refractivity contribution >= 4 is 19.6 Å². The van der Waals surface area contributed by atoms with Crippen molar-refractivity contribution in [3.05, 3.63) is 23.3 Å². The van der Waals surface area contributed by atoms with Crippen molar-refractivity contribution in [2.24, 2.45) is 0 Å². The summed E-state index contributed by atoms with van der Waals surface area (Å²) in [5, 5.41) is 9.29. The van der Waals surface area contributed by atoms with Gasteiger partial charge < -0.3 is 5.11 Å². The molecule has 0 atom stereocenters. The van der Waals surface area contributed by atoms with E-state index < -0.39 is 0 Å². The van der Waals surface area contributed by atoms with Gasteiger partial charge in [-0.3, -0.25) is 4.79 Å². The van der Waals surface area contributed by atoms with Crippen LogP contribution >= 0.6 is 0 Å². The zero-order chi connectivity index (χ0) is 8.43. The number of rotatable bonds is 1. The van der Waals surface area contributed by atoms with Gasteiger partial charge in [0.15, 0.2) is 6.29 Å². The second-order valence-corrected chi connectivity index (χ2v) is 2.64. The number of carbonyl (C=O) groups excluding carboxylic acids is 1. The average molecular weight is 148 g/mol. The Kier molecular flexibility index (Phi) is 1.99. The lowest BCUT2D eigenvalue weighted by atomic mass is 9.92. The molecule has 56 valence electrons. The van der Waals surface area contributed by atoms with Gasteiger partial charge in [-0.25, -0.2) is 0 Å². The maximum absolute atomic E-state index is 10.4. The smallest absolute Gasteiger partial charge is 0.153 e. The van der Waals surface area contributed by atoms with Gasteiger partial charge in [-0.15, -0.1) is 0 Å². The van der Waals surface area contributed by atoms with E-state index >= 15 is 0 Å². The molecule has 0 aliphatic carbocycles. The number of phenols is 1. The van der Waals surface area contributed by atoms with Gasteiger partial charge in [-0.05, 0) is 12.5 Å². The molecule has 0 aromatic heterocycles. The molecular formula is C8H9BO2. The topological polar surface area (TPSA) is 37.3 Å². The lowest BCUT2D eigenvalue weighted by molar-refractivity contribution is 0.112. The summed E-state index contributed by atoms with van der Waals surface area (Å²) >= 11 is 0. The second-order valence-electron chi connectivity index (χ2n) is 2.64. The van der Waals surface area contributed by atoms with Gasteiger partial charge in [0.2, 0.25) is 0 Å². The third-order valence-electron chi connectivity index (χ3n) is 1.60. The maximum atomic E-state index is 10.4. The van der Waals surface area contributed by atoms with Crippen LogP contribution in [-0.4, -0.2) is 19.2 Å². The number of aldehydes is 1. The maximum Gasteiger partial charge on any atom is 0.153 e. The second kappa shape index (κ2) is 2.78. The molecule has 0 heterocycles. The number of aryl methyl sites for hydroxylation is 1. The van der Waals surface area contributed by atoms with Crippen LogP contribution in [0.4, 0.5) is 0 Å². The van der Waals surface area contributed by atoms with Gasteiger partial charge in [0.05, 0.1) is 5.56 Å². The van der Waals surface area contributed by atoms with Crippen LogP contribution in [0.15, 0.2) is 12.1 Å². The summed E-state index contributed by atoms with van der Waals surface area (Å²) in [6, 6.07) is 3.50. The van der Waals surface area contributed by atoms with Crippen LogP contribution in [-0.2, 0) is 0 Å². The van der Waals surface area contributed by atoms with E-state index in [0.29, 0.717) is 11.8 Å². The van der Waals surface area contributed by atoms with Crippen molar-refractivity contribution in [1.82, 2.24) is 0 Å². The van der Waals surface area contributed by atoms with E-state index in [0.717, 1.165) is 11.0 Å². The largest absolute Gasteiger partial charge is 0.507 e. The molecule has 2 nitrogen and oxygen atoms in total. The molecule has 0 spiro atoms. The SMILES string of the molecule is Bc1cc(C)c(O)c(C=O)c1. The molecule has 1 aromatic rings. The Morgan fingerprint density at radius 3 is 2.73 bits per heavy atom. The summed E-state index contributed by atoms with van der Waals surface area (Å²) in [7, 11) is 1.89. The van der Waals surface area contributed by atoms with Gasteiger partial charge in [-0.1, -0.05) is 17.6 Å². The number of hydrogen-bond donors (Lipinski definition) is 1. The van der Waals surface area contributed by atoms with Crippen LogP contribution in [0.1, 0.15) is 15.9 Å². The molecule has 1 rings (SSSR count). The number of carbonyl (C=O) groups is 1. The summed E-state index contributed by atoms with van der Waals surface area (Å²) < 4.78 is 0. The summed E-state index contributed by atoms with van der Waals surface area (Å²) in [6.45, 7) is 1.77. The van der Waals surface area contributed by atoms with Crippen LogP contribution < -0.4 is 5.46 Å². The van der Waals surface area contributed by atoms with E-state index in [1.807, 2.05) is 13.9 Å². The van der Waals surface area contributed by atoms with Crippen LogP contribution in [0.5, 0.6) is 5.75 Å². The fourth-order valence-electron chi connectivity index (χ4n) is 1.08. The monoisotopic (exact) mass is 148 g/mol. The average Bonchev–Trinajstić information content (AvgIpc) is 1.96. The van der Waals surface area contributed by atoms with Gasteiger partial charge in [0.1, 0.15) is 13.6 Å². The number of phenolic OH excluding ortho intramolecular Hbond substituents is 1. The predicted molar refractivity (Wildman–Crippen MR) is 46.4 cm³/mol. The van der Waals surface area contributed by atoms with E-state index in [1.165, 1.54) is 0 Å². The third kappa shape index (κ3) is 1.42.